The Morgan fingerprint density at radius 3 is 2.28 bits per heavy atom. The fourth-order valence-corrected chi connectivity index (χ4v) is 2.45. The first kappa shape index (κ1) is 15.3. The molecule has 1 aromatic rings. The van der Waals surface area contributed by atoms with Gasteiger partial charge in [-0.25, -0.2) is 0 Å². The van der Waals surface area contributed by atoms with Gasteiger partial charge in [0.25, 0.3) is 4.46 Å². The van der Waals surface area contributed by atoms with Crippen LogP contribution in [0.15, 0.2) is 55.6 Å². The molecule has 0 fully saturated rings. The Hall–Kier alpha value is -0.760. The highest BCUT2D eigenvalue weighted by atomic mass is 35.5. The monoisotopic (exact) mass is 284 g/mol. The Bertz CT molecular complexity index is 400. The van der Waals surface area contributed by atoms with E-state index in [-0.39, 0.29) is 0 Å². The van der Waals surface area contributed by atoms with Crippen molar-refractivity contribution in [2.75, 3.05) is 13.6 Å². The van der Waals surface area contributed by atoms with Crippen LogP contribution in [-0.2, 0) is 6.54 Å². The molecule has 3 heteroatoms. The molecule has 1 rings (SSSR count). The summed E-state index contributed by atoms with van der Waals surface area (Å²) in [5.74, 6) is 0. The Kier molecular flexibility index (Phi) is 5.46. The SMILES string of the molecule is C=CCC(Cl)(Cl)[N+](C)(CC=C)Cc1ccccc1. The Balaban J connectivity index is 2.99. The van der Waals surface area contributed by atoms with E-state index in [1.54, 1.807) is 6.08 Å². The first-order valence-electron chi connectivity index (χ1n) is 5.93. The van der Waals surface area contributed by atoms with Gasteiger partial charge in [0.05, 0.1) is 20.0 Å². The van der Waals surface area contributed by atoms with E-state index < -0.39 is 4.46 Å². The molecule has 0 aliphatic heterocycles. The van der Waals surface area contributed by atoms with Crippen LogP contribution >= 0.6 is 23.2 Å². The van der Waals surface area contributed by atoms with E-state index in [0.717, 1.165) is 6.54 Å². The van der Waals surface area contributed by atoms with Crippen LogP contribution in [0.25, 0.3) is 0 Å². The topological polar surface area (TPSA) is 0 Å². The van der Waals surface area contributed by atoms with Crippen molar-refractivity contribution in [2.24, 2.45) is 0 Å². The standard InChI is InChI=1S/C15H20Cl2N/c1-4-11-15(16,17)18(3,12-5-2)13-14-9-7-6-8-10-14/h4-10H,1-2,11-13H2,3H3/q+1. The highest BCUT2D eigenvalue weighted by Gasteiger charge is 2.43. The summed E-state index contributed by atoms with van der Waals surface area (Å²) in [6.45, 7) is 8.99. The molecule has 0 amide bonds. The second-order valence-electron chi connectivity index (χ2n) is 4.67. The molecule has 0 bridgehead atoms. The third kappa shape index (κ3) is 3.61. The first-order chi connectivity index (χ1) is 8.45. The number of alkyl halides is 2. The maximum absolute atomic E-state index is 6.49. The van der Waals surface area contributed by atoms with E-state index in [1.165, 1.54) is 5.56 Å². The van der Waals surface area contributed by atoms with Gasteiger partial charge in [0, 0.05) is 5.56 Å². The molecule has 0 aliphatic rings. The van der Waals surface area contributed by atoms with E-state index in [2.05, 4.69) is 25.3 Å². The van der Waals surface area contributed by atoms with Gasteiger partial charge >= 0.3 is 0 Å². The summed E-state index contributed by atoms with van der Waals surface area (Å²) in [6, 6.07) is 10.2. The van der Waals surface area contributed by atoms with Gasteiger partial charge in [-0.2, -0.15) is 0 Å². The largest absolute Gasteiger partial charge is 0.288 e. The Morgan fingerprint density at radius 2 is 1.78 bits per heavy atom. The van der Waals surface area contributed by atoms with Gasteiger partial charge in [-0.1, -0.05) is 43.0 Å². The fraction of sp³-hybridized carbons (Fsp3) is 0.333. The van der Waals surface area contributed by atoms with Gasteiger partial charge in [-0.15, -0.1) is 6.58 Å². The quantitative estimate of drug-likeness (QED) is 0.299. The molecule has 0 saturated carbocycles. The molecule has 0 heterocycles. The summed E-state index contributed by atoms with van der Waals surface area (Å²) in [5, 5.41) is 0. The van der Waals surface area contributed by atoms with Crippen molar-refractivity contribution in [3.05, 3.63) is 61.2 Å². The molecule has 0 radical (unpaired) electrons. The van der Waals surface area contributed by atoms with Crippen LogP contribution in [0.3, 0.4) is 0 Å². The van der Waals surface area contributed by atoms with E-state index >= 15 is 0 Å². The summed E-state index contributed by atoms with van der Waals surface area (Å²) in [5.41, 5.74) is 1.21. The molecule has 0 N–H and O–H groups in total. The predicted octanol–water partition coefficient (Wildman–Crippen LogP) is 4.53. The van der Waals surface area contributed by atoms with Crippen molar-refractivity contribution in [1.29, 1.82) is 0 Å². The van der Waals surface area contributed by atoms with E-state index in [9.17, 15) is 0 Å². The van der Waals surface area contributed by atoms with Crippen molar-refractivity contribution in [1.82, 2.24) is 0 Å². The lowest BCUT2D eigenvalue weighted by atomic mass is 10.1. The van der Waals surface area contributed by atoms with Crippen LogP contribution in [0.1, 0.15) is 12.0 Å². The number of halogens is 2. The van der Waals surface area contributed by atoms with E-state index in [1.807, 2.05) is 31.3 Å². The molecule has 18 heavy (non-hydrogen) atoms. The fourth-order valence-electron chi connectivity index (χ4n) is 1.98. The average molecular weight is 285 g/mol. The van der Waals surface area contributed by atoms with Crippen molar-refractivity contribution in [2.45, 2.75) is 17.4 Å². The van der Waals surface area contributed by atoms with Crippen LogP contribution in [-0.4, -0.2) is 22.5 Å². The highest BCUT2D eigenvalue weighted by Crippen LogP contribution is 2.37. The molecule has 1 aromatic carbocycles. The molecular formula is C15H20Cl2N+. The molecule has 1 unspecified atom stereocenters. The van der Waals surface area contributed by atoms with E-state index in [0.29, 0.717) is 17.4 Å². The van der Waals surface area contributed by atoms with Gasteiger partial charge in [-0.05, 0) is 29.3 Å². The third-order valence-electron chi connectivity index (χ3n) is 3.09. The molecule has 0 spiro atoms. The lowest BCUT2D eigenvalue weighted by Gasteiger charge is -2.42. The zero-order chi connectivity index (χ0) is 13.6. The lowest BCUT2D eigenvalue weighted by molar-refractivity contribution is -0.939. The van der Waals surface area contributed by atoms with E-state index in [4.69, 9.17) is 23.2 Å². The number of hydrogen-bond acceptors (Lipinski definition) is 0. The molecular weight excluding hydrogens is 265 g/mol. The number of likely N-dealkylation sites (N-methyl/N-ethyl adjacent to an activating group) is 1. The lowest BCUT2D eigenvalue weighted by Crippen LogP contribution is -2.55. The number of benzene rings is 1. The summed E-state index contributed by atoms with van der Waals surface area (Å²) >= 11 is 13.0. The van der Waals surface area contributed by atoms with Crippen LogP contribution in [0.4, 0.5) is 0 Å². The van der Waals surface area contributed by atoms with Gasteiger partial charge in [0.15, 0.2) is 0 Å². The smallest absolute Gasteiger partial charge is 0.254 e. The maximum Gasteiger partial charge on any atom is 0.254 e. The van der Waals surface area contributed by atoms with Crippen molar-refractivity contribution in [3.8, 4) is 0 Å². The maximum atomic E-state index is 6.49. The zero-order valence-corrected chi connectivity index (χ0v) is 12.3. The summed E-state index contributed by atoms with van der Waals surface area (Å²) in [6.07, 6.45) is 4.14. The minimum Gasteiger partial charge on any atom is -0.288 e. The van der Waals surface area contributed by atoms with Gasteiger partial charge in [0.1, 0.15) is 6.54 Å². The zero-order valence-electron chi connectivity index (χ0n) is 10.8. The molecule has 98 valence electrons. The van der Waals surface area contributed by atoms with Crippen LogP contribution in [0.5, 0.6) is 0 Å². The minimum absolute atomic E-state index is 0.482. The number of hydrogen-bond donors (Lipinski definition) is 0. The summed E-state index contributed by atoms with van der Waals surface area (Å²) in [7, 11) is 2.04. The summed E-state index contributed by atoms with van der Waals surface area (Å²) in [4.78, 5) is 0. The molecule has 1 atom stereocenters. The van der Waals surface area contributed by atoms with Crippen molar-refractivity contribution in [3.63, 3.8) is 0 Å². The van der Waals surface area contributed by atoms with Crippen LogP contribution in [0, 0.1) is 0 Å². The van der Waals surface area contributed by atoms with Gasteiger partial charge < -0.3 is 0 Å². The molecule has 0 aromatic heterocycles. The number of nitrogens with zero attached hydrogens (tertiary/aromatic N) is 1. The van der Waals surface area contributed by atoms with Gasteiger partial charge in [0.2, 0.25) is 0 Å². The molecule has 1 nitrogen and oxygen atoms in total. The van der Waals surface area contributed by atoms with Crippen LogP contribution in [0.2, 0.25) is 0 Å². The molecule has 0 aliphatic carbocycles. The van der Waals surface area contributed by atoms with Crippen LogP contribution < -0.4 is 0 Å². The second-order valence-corrected chi connectivity index (χ2v) is 6.11. The van der Waals surface area contributed by atoms with Crippen molar-refractivity contribution >= 4 is 23.2 Å². The summed E-state index contributed by atoms with van der Waals surface area (Å²) < 4.78 is -0.415. The minimum atomic E-state index is -0.897. The molecule has 0 saturated heterocycles. The average Bonchev–Trinajstić information content (AvgIpc) is 2.30. The second kappa shape index (κ2) is 6.42. The third-order valence-corrected chi connectivity index (χ3v) is 4.21. The first-order valence-corrected chi connectivity index (χ1v) is 6.69. The van der Waals surface area contributed by atoms with Gasteiger partial charge in [-0.3, -0.25) is 4.48 Å². The number of quaternary nitrogens is 1. The number of rotatable bonds is 7. The Labute approximate surface area is 120 Å². The van der Waals surface area contributed by atoms with Crippen molar-refractivity contribution < 1.29 is 4.48 Å². The highest BCUT2D eigenvalue weighted by molar-refractivity contribution is 6.47. The predicted molar refractivity (Wildman–Crippen MR) is 80.6 cm³/mol. The normalized spacial score (nSPS) is 14.8. The Morgan fingerprint density at radius 1 is 1.17 bits per heavy atom.